The first kappa shape index (κ1) is 16.6. The van der Waals surface area contributed by atoms with Gasteiger partial charge in [-0.1, -0.05) is 6.07 Å². The maximum absolute atomic E-state index is 8.99. The smallest absolute Gasteiger partial charge is 0.204 e. The summed E-state index contributed by atoms with van der Waals surface area (Å²) in [5, 5.41) is 13.5. The molecule has 0 aliphatic carbocycles. The maximum Gasteiger partial charge on any atom is 0.204 e. The van der Waals surface area contributed by atoms with Gasteiger partial charge in [0.25, 0.3) is 0 Å². The lowest BCUT2D eigenvalue weighted by Crippen LogP contribution is -2.43. The van der Waals surface area contributed by atoms with Gasteiger partial charge in [0.05, 0.1) is 6.20 Å². The Labute approximate surface area is 152 Å². The Balaban J connectivity index is 1.62. The van der Waals surface area contributed by atoms with Crippen LogP contribution in [0.3, 0.4) is 0 Å². The van der Waals surface area contributed by atoms with Gasteiger partial charge in [0.2, 0.25) is 5.76 Å². The quantitative estimate of drug-likeness (QED) is 0.783. The van der Waals surface area contributed by atoms with Crippen molar-refractivity contribution in [2.24, 2.45) is 0 Å². The van der Waals surface area contributed by atoms with Crippen molar-refractivity contribution < 1.29 is 4.42 Å². The van der Waals surface area contributed by atoms with Gasteiger partial charge in [-0.15, -0.1) is 0 Å². The average Bonchev–Trinajstić information content (AvgIpc) is 3.06. The molecule has 3 aromatic rings. The number of likely N-dealkylation sites (tertiary alicyclic amines) is 1. The normalized spacial score (nSPS) is 20.8. The van der Waals surface area contributed by atoms with Crippen LogP contribution in [0.5, 0.6) is 0 Å². The minimum absolute atomic E-state index is 0.279. The van der Waals surface area contributed by atoms with Crippen molar-refractivity contribution in [1.82, 2.24) is 14.9 Å². The van der Waals surface area contributed by atoms with Gasteiger partial charge in [-0.25, -0.2) is 4.98 Å². The molecule has 6 nitrogen and oxygen atoms in total. The molecular weight excluding hydrogens is 326 g/mol. The molecule has 132 valence electrons. The summed E-state index contributed by atoms with van der Waals surface area (Å²) < 4.78 is 5.42. The lowest BCUT2D eigenvalue weighted by atomic mass is 9.85. The van der Waals surface area contributed by atoms with Gasteiger partial charge in [-0.05, 0) is 44.6 Å². The summed E-state index contributed by atoms with van der Waals surface area (Å²) in [4.78, 5) is 11.3. The van der Waals surface area contributed by atoms with Crippen molar-refractivity contribution in [3.63, 3.8) is 0 Å². The van der Waals surface area contributed by atoms with E-state index in [1.165, 1.54) is 5.56 Å². The standard InChI is InChI=1S/C20H21N5O/c1-13-16(4-3-6-22-13)17-12-25(2)7-5-18(17)24-20-9-14-8-15(10-21)26-19(14)11-23-20/h3-4,6,8-9,11,17-18H,5,7,12H2,1-2H3,(H,23,24). The highest BCUT2D eigenvalue weighted by atomic mass is 16.3. The highest BCUT2D eigenvalue weighted by Gasteiger charge is 2.30. The number of aryl methyl sites for hydroxylation is 1. The van der Waals surface area contributed by atoms with Crippen LogP contribution >= 0.6 is 0 Å². The molecule has 1 saturated heterocycles. The summed E-state index contributed by atoms with van der Waals surface area (Å²) in [7, 11) is 2.16. The molecule has 1 aliphatic heterocycles. The summed E-state index contributed by atoms with van der Waals surface area (Å²) in [6.45, 7) is 4.09. The number of furan rings is 1. The summed E-state index contributed by atoms with van der Waals surface area (Å²) >= 11 is 0. The Morgan fingerprint density at radius 1 is 1.35 bits per heavy atom. The van der Waals surface area contributed by atoms with Crippen LogP contribution in [0, 0.1) is 18.3 Å². The van der Waals surface area contributed by atoms with E-state index in [0.717, 1.165) is 36.4 Å². The van der Waals surface area contributed by atoms with E-state index in [1.54, 1.807) is 12.3 Å². The molecule has 2 atom stereocenters. The minimum atomic E-state index is 0.279. The Morgan fingerprint density at radius 2 is 2.23 bits per heavy atom. The van der Waals surface area contributed by atoms with E-state index in [1.807, 2.05) is 24.4 Å². The number of fused-ring (bicyclic) bond motifs is 1. The van der Waals surface area contributed by atoms with Gasteiger partial charge in [-0.2, -0.15) is 5.26 Å². The second-order valence-electron chi connectivity index (χ2n) is 6.92. The van der Waals surface area contributed by atoms with Crippen LogP contribution in [-0.2, 0) is 0 Å². The number of aromatic nitrogens is 2. The van der Waals surface area contributed by atoms with Crippen LogP contribution < -0.4 is 5.32 Å². The molecule has 2 unspecified atom stereocenters. The first-order valence-corrected chi connectivity index (χ1v) is 8.80. The highest BCUT2D eigenvalue weighted by Crippen LogP contribution is 2.31. The maximum atomic E-state index is 8.99. The van der Waals surface area contributed by atoms with E-state index in [4.69, 9.17) is 9.68 Å². The fourth-order valence-corrected chi connectivity index (χ4v) is 3.76. The molecule has 1 aliphatic rings. The van der Waals surface area contributed by atoms with Crippen LogP contribution in [0.15, 0.2) is 41.1 Å². The Hall–Kier alpha value is -2.91. The van der Waals surface area contributed by atoms with Crippen molar-refractivity contribution in [1.29, 1.82) is 5.26 Å². The Kier molecular flexibility index (Phi) is 4.31. The van der Waals surface area contributed by atoms with Crippen LogP contribution in [0.1, 0.15) is 29.4 Å². The van der Waals surface area contributed by atoms with Crippen LogP contribution in [-0.4, -0.2) is 41.0 Å². The van der Waals surface area contributed by atoms with Gasteiger partial charge in [0.1, 0.15) is 11.9 Å². The van der Waals surface area contributed by atoms with Crippen molar-refractivity contribution in [2.45, 2.75) is 25.3 Å². The van der Waals surface area contributed by atoms with E-state index < -0.39 is 0 Å². The molecule has 0 saturated carbocycles. The van der Waals surface area contributed by atoms with E-state index >= 15 is 0 Å². The minimum Gasteiger partial charge on any atom is -0.444 e. The van der Waals surface area contributed by atoms with E-state index in [2.05, 4.69) is 40.2 Å². The first-order valence-electron chi connectivity index (χ1n) is 8.80. The summed E-state index contributed by atoms with van der Waals surface area (Å²) in [5.74, 6) is 1.46. The molecule has 0 amide bonds. The largest absolute Gasteiger partial charge is 0.444 e. The van der Waals surface area contributed by atoms with Crippen molar-refractivity contribution in [3.8, 4) is 6.07 Å². The zero-order valence-corrected chi connectivity index (χ0v) is 14.9. The molecule has 4 rings (SSSR count). The molecule has 1 fully saturated rings. The molecule has 3 aromatic heterocycles. The summed E-state index contributed by atoms with van der Waals surface area (Å²) in [5.41, 5.74) is 3.00. The number of nitriles is 1. The van der Waals surface area contributed by atoms with Gasteiger partial charge in [0, 0.05) is 41.8 Å². The molecule has 1 N–H and O–H groups in total. The molecule has 6 heteroatoms. The van der Waals surface area contributed by atoms with Crippen LogP contribution in [0.25, 0.3) is 11.0 Å². The number of anilines is 1. The predicted octanol–water partition coefficient (Wildman–Crippen LogP) is 3.30. The van der Waals surface area contributed by atoms with Gasteiger partial charge in [-0.3, -0.25) is 4.98 Å². The number of hydrogen-bond acceptors (Lipinski definition) is 6. The average molecular weight is 347 g/mol. The molecule has 0 radical (unpaired) electrons. The third kappa shape index (κ3) is 3.14. The first-order chi connectivity index (χ1) is 12.6. The second kappa shape index (κ2) is 6.77. The fraction of sp³-hybridized carbons (Fsp3) is 0.350. The lowest BCUT2D eigenvalue weighted by Gasteiger charge is -2.38. The Morgan fingerprint density at radius 3 is 3.04 bits per heavy atom. The van der Waals surface area contributed by atoms with Crippen LogP contribution in [0.4, 0.5) is 5.82 Å². The summed E-state index contributed by atoms with van der Waals surface area (Å²) in [6.07, 6.45) is 4.55. The highest BCUT2D eigenvalue weighted by molar-refractivity contribution is 5.80. The van der Waals surface area contributed by atoms with E-state index in [-0.39, 0.29) is 6.04 Å². The third-order valence-electron chi connectivity index (χ3n) is 5.11. The Bertz CT molecular complexity index is 974. The molecule has 4 heterocycles. The zero-order chi connectivity index (χ0) is 18.1. The lowest BCUT2D eigenvalue weighted by molar-refractivity contribution is 0.235. The van der Waals surface area contributed by atoms with Gasteiger partial charge in [0.15, 0.2) is 5.58 Å². The fourth-order valence-electron chi connectivity index (χ4n) is 3.76. The number of hydrogen-bond donors (Lipinski definition) is 1. The molecule has 0 aromatic carbocycles. The van der Waals surface area contributed by atoms with Crippen molar-refractivity contribution >= 4 is 16.8 Å². The molecular formula is C20H21N5O. The van der Waals surface area contributed by atoms with Crippen LogP contribution in [0.2, 0.25) is 0 Å². The molecule has 0 bridgehead atoms. The molecule has 0 spiro atoms. The SMILES string of the molecule is Cc1ncccc1C1CN(C)CCC1Nc1cc2cc(C#N)oc2cn1. The monoisotopic (exact) mass is 347 g/mol. The summed E-state index contributed by atoms with van der Waals surface area (Å²) in [6, 6.07) is 10.2. The van der Waals surface area contributed by atoms with Gasteiger partial charge >= 0.3 is 0 Å². The number of piperidine rings is 1. The van der Waals surface area contributed by atoms with E-state index in [0.29, 0.717) is 17.3 Å². The topological polar surface area (TPSA) is 78.0 Å². The number of nitrogens with zero attached hydrogens (tertiary/aromatic N) is 4. The molecule has 26 heavy (non-hydrogen) atoms. The number of rotatable bonds is 3. The third-order valence-corrected chi connectivity index (χ3v) is 5.11. The second-order valence-corrected chi connectivity index (χ2v) is 6.92. The van der Waals surface area contributed by atoms with Crippen molar-refractivity contribution in [3.05, 3.63) is 53.7 Å². The predicted molar refractivity (Wildman–Crippen MR) is 100.0 cm³/mol. The van der Waals surface area contributed by atoms with Crippen molar-refractivity contribution in [2.75, 3.05) is 25.5 Å². The van der Waals surface area contributed by atoms with Gasteiger partial charge < -0.3 is 14.6 Å². The number of nitrogens with one attached hydrogen (secondary N) is 1. The number of pyridine rings is 2. The number of likely N-dealkylation sites (N-methyl/N-ethyl adjacent to an activating group) is 1. The van der Waals surface area contributed by atoms with E-state index in [9.17, 15) is 0 Å². The zero-order valence-electron chi connectivity index (χ0n) is 14.9.